The topological polar surface area (TPSA) is 30.3 Å². The predicted molar refractivity (Wildman–Crippen MR) is 114 cm³/mol. The summed E-state index contributed by atoms with van der Waals surface area (Å²) in [5.74, 6) is 1.08. The Morgan fingerprint density at radius 3 is 2.70 bits per heavy atom. The molecule has 0 aliphatic carbocycles. The number of anilines is 1. The highest BCUT2D eigenvalue weighted by Gasteiger charge is 2.29. The quantitative estimate of drug-likeness (QED) is 0.618. The smallest absolute Gasteiger partial charge is 0.153 e. The molecule has 0 spiro atoms. The molecule has 3 aromatic rings. The van der Waals surface area contributed by atoms with Crippen molar-refractivity contribution in [2.24, 2.45) is 0 Å². The van der Waals surface area contributed by atoms with E-state index < -0.39 is 0 Å². The summed E-state index contributed by atoms with van der Waals surface area (Å²) in [7, 11) is 1.75. The molecule has 3 heterocycles. The fourth-order valence-corrected chi connectivity index (χ4v) is 4.42. The predicted octanol–water partition coefficient (Wildman–Crippen LogP) is 5.19. The number of fused-ring (bicyclic) bond motifs is 2. The lowest BCUT2D eigenvalue weighted by atomic mass is 9.91. The molecular weight excluding hydrogens is 358 g/mol. The lowest BCUT2D eigenvalue weighted by Crippen LogP contribution is -2.36. The van der Waals surface area contributed by atoms with Gasteiger partial charge in [-0.05, 0) is 49.4 Å². The summed E-state index contributed by atoms with van der Waals surface area (Å²) in [6, 6.07) is 11.3. The molecule has 0 saturated heterocycles. The van der Waals surface area contributed by atoms with Gasteiger partial charge in [-0.15, -0.1) is 12.4 Å². The van der Waals surface area contributed by atoms with Gasteiger partial charge in [-0.2, -0.15) is 0 Å². The van der Waals surface area contributed by atoms with E-state index in [9.17, 15) is 0 Å². The Labute approximate surface area is 167 Å². The highest BCUT2D eigenvalue weighted by Crippen LogP contribution is 2.39. The Morgan fingerprint density at radius 1 is 1.19 bits per heavy atom. The molecule has 0 radical (unpaired) electrons. The van der Waals surface area contributed by atoms with Gasteiger partial charge in [0, 0.05) is 30.9 Å². The maximum Gasteiger partial charge on any atom is 0.153 e. The van der Waals surface area contributed by atoms with Gasteiger partial charge in [0.15, 0.2) is 5.82 Å². The molecule has 0 fully saturated rings. The monoisotopic (exact) mass is 385 g/mol. The van der Waals surface area contributed by atoms with E-state index in [-0.39, 0.29) is 12.4 Å². The minimum absolute atomic E-state index is 0. The Hall–Kier alpha value is -2.04. The van der Waals surface area contributed by atoms with Crippen molar-refractivity contribution in [1.82, 2.24) is 9.55 Å². The second-order valence-corrected chi connectivity index (χ2v) is 7.15. The van der Waals surface area contributed by atoms with Crippen molar-refractivity contribution in [2.45, 2.75) is 46.4 Å². The Bertz CT molecular complexity index is 950. The van der Waals surface area contributed by atoms with Crippen LogP contribution in [0, 0.1) is 13.8 Å². The van der Waals surface area contributed by atoms with Crippen molar-refractivity contribution in [3.8, 4) is 0 Å². The van der Waals surface area contributed by atoms with Crippen molar-refractivity contribution in [1.29, 1.82) is 0 Å². The molecule has 0 bridgehead atoms. The average Bonchev–Trinajstić information content (AvgIpc) is 2.92. The van der Waals surface area contributed by atoms with Crippen LogP contribution in [0.3, 0.4) is 0 Å². The molecule has 4 rings (SSSR count). The Morgan fingerprint density at radius 2 is 1.96 bits per heavy atom. The summed E-state index contributed by atoms with van der Waals surface area (Å²) < 4.78 is 7.76. The molecule has 1 atom stereocenters. The van der Waals surface area contributed by atoms with Gasteiger partial charge in [-0.3, -0.25) is 0 Å². The standard InChI is InChI=1S/C22H27N3O.ClH/c1-5-20-19-9-7-6-8-17(19)11-13-24(20)22-21-18(10-12-23-22)15(2)16(3)25(21)14-26-4;/h6-10,12,20H,5,11,13-14H2,1-4H3;1H. The second kappa shape index (κ2) is 7.91. The van der Waals surface area contributed by atoms with E-state index in [4.69, 9.17) is 9.72 Å². The molecule has 0 saturated carbocycles. The van der Waals surface area contributed by atoms with E-state index in [0.29, 0.717) is 12.8 Å². The third-order valence-corrected chi connectivity index (χ3v) is 5.86. The third kappa shape index (κ3) is 3.11. The number of halogens is 1. The van der Waals surface area contributed by atoms with Crippen LogP contribution in [-0.2, 0) is 17.9 Å². The zero-order valence-corrected chi connectivity index (χ0v) is 17.3. The van der Waals surface area contributed by atoms with E-state index >= 15 is 0 Å². The molecule has 0 N–H and O–H groups in total. The summed E-state index contributed by atoms with van der Waals surface area (Å²) in [5.41, 5.74) is 6.68. The number of hydrogen-bond donors (Lipinski definition) is 0. The van der Waals surface area contributed by atoms with Gasteiger partial charge in [0.2, 0.25) is 0 Å². The van der Waals surface area contributed by atoms with Gasteiger partial charge in [-0.25, -0.2) is 4.98 Å². The average molecular weight is 386 g/mol. The first-order chi connectivity index (χ1) is 12.7. The molecule has 1 aliphatic heterocycles. The van der Waals surface area contributed by atoms with Crippen LogP contribution in [-0.4, -0.2) is 23.2 Å². The molecule has 27 heavy (non-hydrogen) atoms. The van der Waals surface area contributed by atoms with E-state index in [0.717, 1.165) is 25.2 Å². The minimum Gasteiger partial charge on any atom is -0.364 e. The number of nitrogens with zero attached hydrogens (tertiary/aromatic N) is 3. The number of aromatic nitrogens is 2. The molecule has 5 heteroatoms. The zero-order valence-electron chi connectivity index (χ0n) is 16.5. The second-order valence-electron chi connectivity index (χ2n) is 7.15. The number of rotatable bonds is 4. The summed E-state index contributed by atoms with van der Waals surface area (Å²) in [4.78, 5) is 7.34. The lowest BCUT2D eigenvalue weighted by molar-refractivity contribution is 0.133. The first-order valence-corrected chi connectivity index (χ1v) is 9.45. The minimum atomic E-state index is 0. The fourth-order valence-electron chi connectivity index (χ4n) is 4.42. The van der Waals surface area contributed by atoms with Crippen LogP contribution in [0.25, 0.3) is 10.9 Å². The number of methoxy groups -OCH3 is 1. The van der Waals surface area contributed by atoms with Crippen molar-refractivity contribution in [2.75, 3.05) is 18.6 Å². The maximum atomic E-state index is 5.50. The molecule has 4 nitrogen and oxygen atoms in total. The van der Waals surface area contributed by atoms with Crippen LogP contribution in [0.15, 0.2) is 36.5 Å². The van der Waals surface area contributed by atoms with Crippen molar-refractivity contribution in [3.63, 3.8) is 0 Å². The summed E-state index contributed by atoms with van der Waals surface area (Å²) in [6.45, 7) is 8.18. The van der Waals surface area contributed by atoms with Gasteiger partial charge in [0.25, 0.3) is 0 Å². The molecule has 2 aromatic heterocycles. The van der Waals surface area contributed by atoms with Gasteiger partial charge in [0.1, 0.15) is 6.73 Å². The van der Waals surface area contributed by atoms with Crippen molar-refractivity contribution in [3.05, 3.63) is 58.9 Å². The normalized spacial score (nSPS) is 16.3. The molecule has 1 unspecified atom stereocenters. The molecule has 144 valence electrons. The summed E-state index contributed by atoms with van der Waals surface area (Å²) in [6.07, 6.45) is 4.08. The highest BCUT2D eigenvalue weighted by molar-refractivity contribution is 5.93. The number of hydrogen-bond acceptors (Lipinski definition) is 3. The highest BCUT2D eigenvalue weighted by atomic mass is 35.5. The molecular formula is C22H28ClN3O. The largest absolute Gasteiger partial charge is 0.364 e. The first kappa shape index (κ1) is 19.7. The van der Waals surface area contributed by atoms with E-state index in [1.165, 1.54) is 33.3 Å². The van der Waals surface area contributed by atoms with E-state index in [2.05, 4.69) is 60.6 Å². The molecule has 1 aromatic carbocycles. The van der Waals surface area contributed by atoms with Gasteiger partial charge in [0.05, 0.1) is 11.6 Å². The van der Waals surface area contributed by atoms with Gasteiger partial charge >= 0.3 is 0 Å². The number of pyridine rings is 1. The van der Waals surface area contributed by atoms with Gasteiger partial charge < -0.3 is 14.2 Å². The Kier molecular flexibility index (Phi) is 5.78. The number of ether oxygens (including phenoxy) is 1. The van der Waals surface area contributed by atoms with Crippen LogP contribution < -0.4 is 4.90 Å². The Balaban J connectivity index is 0.00000210. The van der Waals surface area contributed by atoms with Crippen molar-refractivity contribution < 1.29 is 4.74 Å². The SMILES string of the molecule is CCC1c2ccccc2CCN1c1nccc2c(C)c(C)n(COC)c12.Cl. The van der Waals surface area contributed by atoms with Crippen LogP contribution in [0.4, 0.5) is 5.82 Å². The summed E-state index contributed by atoms with van der Waals surface area (Å²) >= 11 is 0. The summed E-state index contributed by atoms with van der Waals surface area (Å²) in [5, 5.41) is 1.28. The van der Waals surface area contributed by atoms with E-state index in [1.54, 1.807) is 7.11 Å². The first-order valence-electron chi connectivity index (χ1n) is 9.45. The van der Waals surface area contributed by atoms with E-state index in [1.807, 2.05) is 6.20 Å². The molecule has 0 amide bonds. The number of benzene rings is 1. The van der Waals surface area contributed by atoms with Gasteiger partial charge in [-0.1, -0.05) is 31.2 Å². The lowest BCUT2D eigenvalue weighted by Gasteiger charge is -2.38. The number of aryl methyl sites for hydroxylation is 1. The van der Waals surface area contributed by atoms with Crippen LogP contribution in [0.2, 0.25) is 0 Å². The van der Waals surface area contributed by atoms with Crippen molar-refractivity contribution >= 4 is 29.1 Å². The van der Waals surface area contributed by atoms with Crippen LogP contribution in [0.5, 0.6) is 0 Å². The van der Waals surface area contributed by atoms with Crippen LogP contribution in [0.1, 0.15) is 41.8 Å². The molecule has 1 aliphatic rings. The maximum absolute atomic E-state index is 5.50. The third-order valence-electron chi connectivity index (χ3n) is 5.86. The fraction of sp³-hybridized carbons (Fsp3) is 0.409. The zero-order chi connectivity index (χ0) is 18.3. The van der Waals surface area contributed by atoms with Crippen LogP contribution >= 0.6 is 12.4 Å².